The molecule has 1 atom stereocenters. The van der Waals surface area contributed by atoms with E-state index in [4.69, 9.17) is 5.73 Å². The Morgan fingerprint density at radius 3 is 2.70 bits per heavy atom. The first kappa shape index (κ1) is 16.1. The molecule has 20 heavy (non-hydrogen) atoms. The Balaban J connectivity index is 2.20. The van der Waals surface area contributed by atoms with Crippen molar-refractivity contribution >= 4 is 43.2 Å². The average molecular weight is 422 g/mol. The molecule has 0 spiro atoms. The van der Waals surface area contributed by atoms with Crippen LogP contribution in [-0.4, -0.2) is 18.5 Å². The maximum Gasteiger partial charge on any atom is 0.123 e. The Hall–Kier alpha value is -0.270. The van der Waals surface area contributed by atoms with Crippen LogP contribution in [0.4, 0.5) is 4.39 Å². The van der Waals surface area contributed by atoms with Crippen LogP contribution < -0.4 is 5.73 Å². The minimum Gasteiger partial charge on any atom is -0.329 e. The quantitative estimate of drug-likeness (QED) is 0.767. The molecule has 2 nitrogen and oxygen atoms in total. The molecular weight excluding hydrogens is 407 g/mol. The van der Waals surface area contributed by atoms with Gasteiger partial charge in [0.15, 0.2) is 0 Å². The molecule has 0 fully saturated rings. The van der Waals surface area contributed by atoms with E-state index in [1.165, 1.54) is 11.6 Å². The Morgan fingerprint density at radius 1 is 1.35 bits per heavy atom. The van der Waals surface area contributed by atoms with Crippen molar-refractivity contribution in [2.24, 2.45) is 5.73 Å². The van der Waals surface area contributed by atoms with Crippen LogP contribution in [0.25, 0.3) is 0 Å². The highest BCUT2D eigenvalue weighted by molar-refractivity contribution is 9.11. The fraction of sp³-hybridized carbons (Fsp3) is 0.286. The maximum absolute atomic E-state index is 13.5. The third-order valence-electron chi connectivity index (χ3n) is 3.13. The molecule has 0 bridgehead atoms. The van der Waals surface area contributed by atoms with E-state index in [0.29, 0.717) is 6.54 Å². The second-order valence-electron chi connectivity index (χ2n) is 4.59. The van der Waals surface area contributed by atoms with Gasteiger partial charge in [-0.2, -0.15) is 0 Å². The molecule has 2 aromatic rings. The van der Waals surface area contributed by atoms with Crippen LogP contribution in [0.2, 0.25) is 0 Å². The summed E-state index contributed by atoms with van der Waals surface area (Å²) in [7, 11) is 2.00. The zero-order chi connectivity index (χ0) is 14.7. The molecule has 0 saturated carbocycles. The SMILES string of the molecule is CN(Cc1csc(Br)c1)C(CN)c1cc(F)ccc1Br. The number of likely N-dealkylation sites (N-methyl/N-ethyl adjacent to an activating group) is 1. The molecule has 0 saturated heterocycles. The first-order valence-corrected chi connectivity index (χ1v) is 8.56. The number of thiophene rings is 1. The zero-order valence-corrected chi connectivity index (χ0v) is 14.9. The third kappa shape index (κ3) is 3.89. The monoisotopic (exact) mass is 420 g/mol. The molecule has 0 aliphatic carbocycles. The molecule has 1 aromatic carbocycles. The summed E-state index contributed by atoms with van der Waals surface area (Å²) in [5.41, 5.74) is 7.99. The summed E-state index contributed by atoms with van der Waals surface area (Å²) in [6.07, 6.45) is 0. The topological polar surface area (TPSA) is 29.3 Å². The Morgan fingerprint density at radius 2 is 2.10 bits per heavy atom. The predicted octanol–water partition coefficient (Wildman–Crippen LogP) is 4.54. The minimum absolute atomic E-state index is 0.0289. The average Bonchev–Trinajstić information content (AvgIpc) is 2.80. The molecule has 0 aliphatic rings. The summed E-state index contributed by atoms with van der Waals surface area (Å²) < 4.78 is 15.4. The maximum atomic E-state index is 13.5. The highest BCUT2D eigenvalue weighted by Gasteiger charge is 2.19. The smallest absolute Gasteiger partial charge is 0.123 e. The van der Waals surface area contributed by atoms with E-state index in [0.717, 1.165) is 20.4 Å². The minimum atomic E-state index is -0.242. The van der Waals surface area contributed by atoms with Crippen LogP contribution in [0.15, 0.2) is 37.9 Å². The summed E-state index contributed by atoms with van der Waals surface area (Å²) in [5, 5.41) is 2.11. The lowest BCUT2D eigenvalue weighted by atomic mass is 10.1. The van der Waals surface area contributed by atoms with Crippen molar-refractivity contribution < 1.29 is 4.39 Å². The van der Waals surface area contributed by atoms with E-state index in [-0.39, 0.29) is 11.9 Å². The number of benzene rings is 1. The van der Waals surface area contributed by atoms with Gasteiger partial charge >= 0.3 is 0 Å². The third-order valence-corrected chi connectivity index (χ3v) is 5.40. The first-order valence-electron chi connectivity index (χ1n) is 6.09. The van der Waals surface area contributed by atoms with Gasteiger partial charge < -0.3 is 5.73 Å². The molecule has 2 rings (SSSR count). The lowest BCUT2D eigenvalue weighted by Crippen LogP contribution is -2.30. The molecule has 1 heterocycles. The number of rotatable bonds is 5. The van der Waals surface area contributed by atoms with Crippen molar-refractivity contribution in [1.29, 1.82) is 0 Å². The fourth-order valence-corrected chi connectivity index (χ4v) is 3.85. The lowest BCUT2D eigenvalue weighted by Gasteiger charge is -2.28. The number of nitrogens with two attached hydrogens (primary N) is 1. The van der Waals surface area contributed by atoms with Crippen LogP contribution in [0.5, 0.6) is 0 Å². The van der Waals surface area contributed by atoms with Gasteiger partial charge in [0.2, 0.25) is 0 Å². The number of hydrogen-bond acceptors (Lipinski definition) is 3. The molecule has 0 aliphatic heterocycles. The second kappa shape index (κ2) is 7.13. The van der Waals surface area contributed by atoms with E-state index < -0.39 is 0 Å². The van der Waals surface area contributed by atoms with Gasteiger partial charge in [0.25, 0.3) is 0 Å². The summed E-state index contributed by atoms with van der Waals surface area (Å²) in [5.74, 6) is -0.242. The molecule has 6 heteroatoms. The van der Waals surface area contributed by atoms with E-state index >= 15 is 0 Å². The zero-order valence-electron chi connectivity index (χ0n) is 10.9. The van der Waals surface area contributed by atoms with Crippen LogP contribution >= 0.6 is 43.2 Å². The molecule has 0 amide bonds. The van der Waals surface area contributed by atoms with E-state index in [1.807, 2.05) is 7.05 Å². The largest absolute Gasteiger partial charge is 0.329 e. The van der Waals surface area contributed by atoms with Crippen molar-refractivity contribution in [1.82, 2.24) is 4.90 Å². The number of halogens is 3. The van der Waals surface area contributed by atoms with Gasteiger partial charge in [0.05, 0.1) is 3.79 Å². The first-order chi connectivity index (χ1) is 9.51. The van der Waals surface area contributed by atoms with Gasteiger partial charge in [-0.15, -0.1) is 11.3 Å². The molecular formula is C14H15Br2FN2S. The lowest BCUT2D eigenvalue weighted by molar-refractivity contribution is 0.241. The van der Waals surface area contributed by atoms with Gasteiger partial charge in [0, 0.05) is 23.6 Å². The molecule has 1 unspecified atom stereocenters. The molecule has 0 radical (unpaired) electrons. The van der Waals surface area contributed by atoms with E-state index in [2.05, 4.69) is 48.2 Å². The van der Waals surface area contributed by atoms with Gasteiger partial charge in [-0.25, -0.2) is 4.39 Å². The van der Waals surface area contributed by atoms with Crippen LogP contribution in [0.3, 0.4) is 0 Å². The molecule has 108 valence electrons. The second-order valence-corrected chi connectivity index (χ2v) is 7.74. The highest BCUT2D eigenvalue weighted by Crippen LogP contribution is 2.29. The Bertz CT molecular complexity index is 588. The normalized spacial score (nSPS) is 12.9. The number of nitrogens with zero attached hydrogens (tertiary/aromatic N) is 1. The van der Waals surface area contributed by atoms with Crippen molar-refractivity contribution in [3.63, 3.8) is 0 Å². The summed E-state index contributed by atoms with van der Waals surface area (Å²) in [6, 6.07) is 6.77. The summed E-state index contributed by atoms with van der Waals surface area (Å²) >= 11 is 8.59. The number of hydrogen-bond donors (Lipinski definition) is 1. The van der Waals surface area contributed by atoms with Crippen molar-refractivity contribution in [2.45, 2.75) is 12.6 Å². The van der Waals surface area contributed by atoms with Crippen LogP contribution in [0.1, 0.15) is 17.2 Å². The fourth-order valence-electron chi connectivity index (χ4n) is 2.14. The summed E-state index contributed by atoms with van der Waals surface area (Å²) in [6.45, 7) is 1.21. The van der Waals surface area contributed by atoms with Crippen molar-refractivity contribution in [2.75, 3.05) is 13.6 Å². The Labute approximate surface area is 139 Å². The Kier molecular flexibility index (Phi) is 5.74. The van der Waals surface area contributed by atoms with Gasteiger partial charge in [0.1, 0.15) is 5.82 Å². The standard InChI is InChI=1S/C14H15Br2FN2S/c1-19(7-9-4-14(16)20-8-9)13(6-18)11-5-10(17)2-3-12(11)15/h2-5,8,13H,6-7,18H2,1H3. The van der Waals surface area contributed by atoms with Crippen molar-refractivity contribution in [3.8, 4) is 0 Å². The van der Waals surface area contributed by atoms with Crippen LogP contribution in [-0.2, 0) is 6.54 Å². The van der Waals surface area contributed by atoms with Crippen LogP contribution in [0, 0.1) is 5.82 Å². The van der Waals surface area contributed by atoms with Gasteiger partial charge in [-0.3, -0.25) is 4.90 Å². The highest BCUT2D eigenvalue weighted by atomic mass is 79.9. The molecule has 1 aromatic heterocycles. The van der Waals surface area contributed by atoms with E-state index in [9.17, 15) is 4.39 Å². The molecule has 2 N–H and O–H groups in total. The summed E-state index contributed by atoms with van der Waals surface area (Å²) in [4.78, 5) is 2.13. The predicted molar refractivity (Wildman–Crippen MR) is 89.4 cm³/mol. The van der Waals surface area contributed by atoms with Gasteiger partial charge in [-0.05, 0) is 63.8 Å². The van der Waals surface area contributed by atoms with Crippen molar-refractivity contribution in [3.05, 3.63) is 54.8 Å². The van der Waals surface area contributed by atoms with E-state index in [1.54, 1.807) is 23.5 Å². The van der Waals surface area contributed by atoms with Gasteiger partial charge in [-0.1, -0.05) is 15.9 Å².